The fourth-order valence-electron chi connectivity index (χ4n) is 2.09. The Morgan fingerprint density at radius 2 is 2.47 bits per heavy atom. The van der Waals surface area contributed by atoms with Crippen molar-refractivity contribution in [2.75, 3.05) is 26.7 Å². The molecule has 1 aliphatic rings. The summed E-state index contributed by atoms with van der Waals surface area (Å²) in [4.78, 5) is 15.0. The standard InChI is InChI=1S/C12H17BrN2OS/c1-8-5-10(17-11(8)13)12(16)14-6-9-3-4-15(2)7-9/h5,9H,3-4,6-7H2,1-2H3,(H,14,16). The van der Waals surface area contributed by atoms with Crippen molar-refractivity contribution in [2.45, 2.75) is 13.3 Å². The topological polar surface area (TPSA) is 32.3 Å². The number of halogens is 1. The van der Waals surface area contributed by atoms with Gasteiger partial charge < -0.3 is 10.2 Å². The van der Waals surface area contributed by atoms with Crippen LogP contribution in [0.5, 0.6) is 0 Å². The number of thiophene rings is 1. The maximum Gasteiger partial charge on any atom is 0.261 e. The van der Waals surface area contributed by atoms with E-state index in [-0.39, 0.29) is 5.91 Å². The number of carbonyl (C=O) groups is 1. The third-order valence-corrected chi connectivity index (χ3v) is 5.26. The molecule has 0 aliphatic carbocycles. The second kappa shape index (κ2) is 5.50. The van der Waals surface area contributed by atoms with Gasteiger partial charge in [-0.2, -0.15) is 0 Å². The lowest BCUT2D eigenvalue weighted by atomic mass is 10.1. The largest absolute Gasteiger partial charge is 0.351 e. The number of nitrogens with one attached hydrogen (secondary N) is 1. The van der Waals surface area contributed by atoms with Crippen LogP contribution >= 0.6 is 27.3 Å². The summed E-state index contributed by atoms with van der Waals surface area (Å²) in [5, 5.41) is 3.03. The molecule has 3 nitrogen and oxygen atoms in total. The highest BCUT2D eigenvalue weighted by Gasteiger charge is 2.20. The van der Waals surface area contributed by atoms with Gasteiger partial charge in [0.1, 0.15) is 0 Å². The average molecular weight is 317 g/mol. The Labute approximate surface area is 114 Å². The van der Waals surface area contributed by atoms with Crippen LogP contribution in [0.4, 0.5) is 0 Å². The van der Waals surface area contributed by atoms with E-state index in [9.17, 15) is 4.79 Å². The summed E-state index contributed by atoms with van der Waals surface area (Å²) in [6.45, 7) is 5.03. The van der Waals surface area contributed by atoms with Crippen LogP contribution in [0.1, 0.15) is 21.7 Å². The van der Waals surface area contributed by atoms with Gasteiger partial charge in [0, 0.05) is 13.1 Å². The minimum absolute atomic E-state index is 0.0540. The van der Waals surface area contributed by atoms with Crippen molar-refractivity contribution in [2.24, 2.45) is 5.92 Å². The highest BCUT2D eigenvalue weighted by molar-refractivity contribution is 9.11. The van der Waals surface area contributed by atoms with Crippen molar-refractivity contribution >= 4 is 33.2 Å². The SMILES string of the molecule is Cc1cc(C(=O)NCC2CCN(C)C2)sc1Br. The highest BCUT2D eigenvalue weighted by atomic mass is 79.9. The Morgan fingerprint density at radius 1 is 1.71 bits per heavy atom. The van der Waals surface area contributed by atoms with E-state index in [1.54, 1.807) is 0 Å². The number of aryl methyl sites for hydroxylation is 1. The first-order chi connectivity index (χ1) is 8.06. The van der Waals surface area contributed by atoms with Gasteiger partial charge in [0.25, 0.3) is 5.91 Å². The maximum absolute atomic E-state index is 11.9. The lowest BCUT2D eigenvalue weighted by Crippen LogP contribution is -2.29. The van der Waals surface area contributed by atoms with Crippen LogP contribution in [0.25, 0.3) is 0 Å². The molecule has 1 fully saturated rings. The van der Waals surface area contributed by atoms with Gasteiger partial charge in [0.15, 0.2) is 0 Å². The summed E-state index contributed by atoms with van der Waals surface area (Å²) in [6, 6.07) is 1.94. The predicted octanol–water partition coefficient (Wildman–Crippen LogP) is 2.50. The molecule has 1 amide bonds. The van der Waals surface area contributed by atoms with Gasteiger partial charge in [-0.15, -0.1) is 11.3 Å². The van der Waals surface area contributed by atoms with E-state index in [0.29, 0.717) is 5.92 Å². The van der Waals surface area contributed by atoms with Crippen LogP contribution in [-0.4, -0.2) is 37.5 Å². The third-order valence-electron chi connectivity index (χ3n) is 3.12. The molecule has 1 atom stereocenters. The molecule has 1 aromatic rings. The van der Waals surface area contributed by atoms with Crippen LogP contribution in [0.3, 0.4) is 0 Å². The molecule has 0 saturated carbocycles. The molecule has 0 spiro atoms. The smallest absolute Gasteiger partial charge is 0.261 e. The summed E-state index contributed by atoms with van der Waals surface area (Å²) < 4.78 is 1.04. The molecule has 0 bridgehead atoms. The van der Waals surface area contributed by atoms with Gasteiger partial charge in [-0.25, -0.2) is 0 Å². The number of rotatable bonds is 3. The quantitative estimate of drug-likeness (QED) is 0.929. The number of carbonyl (C=O) groups excluding carboxylic acids is 1. The third kappa shape index (κ3) is 3.30. The number of likely N-dealkylation sites (tertiary alicyclic amines) is 1. The molecule has 1 N–H and O–H groups in total. The van der Waals surface area contributed by atoms with Crippen LogP contribution in [0, 0.1) is 12.8 Å². The van der Waals surface area contributed by atoms with E-state index in [2.05, 4.69) is 33.2 Å². The molecule has 1 aliphatic heterocycles. The van der Waals surface area contributed by atoms with Gasteiger partial charge in [0.2, 0.25) is 0 Å². The molecule has 17 heavy (non-hydrogen) atoms. The highest BCUT2D eigenvalue weighted by Crippen LogP contribution is 2.27. The number of hydrogen-bond donors (Lipinski definition) is 1. The van der Waals surface area contributed by atoms with Crippen molar-refractivity contribution in [3.8, 4) is 0 Å². The number of nitrogens with zero attached hydrogens (tertiary/aromatic N) is 1. The van der Waals surface area contributed by atoms with E-state index in [4.69, 9.17) is 0 Å². The summed E-state index contributed by atoms with van der Waals surface area (Å²) in [7, 11) is 2.13. The second-order valence-electron chi connectivity index (χ2n) is 4.69. The Hall–Kier alpha value is -0.390. The molecular formula is C12H17BrN2OS. The van der Waals surface area contributed by atoms with E-state index >= 15 is 0 Å². The molecule has 2 rings (SSSR count). The first-order valence-electron chi connectivity index (χ1n) is 5.79. The Bertz CT molecular complexity index is 399. The molecule has 0 radical (unpaired) electrons. The van der Waals surface area contributed by atoms with E-state index < -0.39 is 0 Å². The molecule has 94 valence electrons. The van der Waals surface area contributed by atoms with Gasteiger partial charge in [-0.1, -0.05) is 0 Å². The Kier molecular flexibility index (Phi) is 4.22. The van der Waals surface area contributed by atoms with Crippen LogP contribution < -0.4 is 5.32 Å². The lowest BCUT2D eigenvalue weighted by Gasteiger charge is -2.10. The molecule has 2 heterocycles. The van der Waals surface area contributed by atoms with E-state index in [1.165, 1.54) is 17.8 Å². The average Bonchev–Trinajstić information content (AvgIpc) is 2.83. The summed E-state index contributed by atoms with van der Waals surface area (Å²) in [5.41, 5.74) is 1.13. The first kappa shape index (κ1) is 13.1. The van der Waals surface area contributed by atoms with Crippen molar-refractivity contribution in [3.63, 3.8) is 0 Å². The number of hydrogen-bond acceptors (Lipinski definition) is 3. The first-order valence-corrected chi connectivity index (χ1v) is 7.40. The molecule has 1 saturated heterocycles. The zero-order valence-corrected chi connectivity index (χ0v) is 12.5. The molecule has 1 aromatic heterocycles. The summed E-state index contributed by atoms with van der Waals surface area (Å²) >= 11 is 4.94. The normalized spacial score (nSPS) is 20.8. The Morgan fingerprint density at radius 3 is 3.00 bits per heavy atom. The van der Waals surface area contributed by atoms with Crippen molar-refractivity contribution in [1.82, 2.24) is 10.2 Å². The van der Waals surface area contributed by atoms with Gasteiger partial charge >= 0.3 is 0 Å². The van der Waals surface area contributed by atoms with Gasteiger partial charge in [-0.3, -0.25) is 4.79 Å². The number of amides is 1. The fraction of sp³-hybridized carbons (Fsp3) is 0.583. The predicted molar refractivity (Wildman–Crippen MR) is 74.7 cm³/mol. The van der Waals surface area contributed by atoms with Crippen molar-refractivity contribution < 1.29 is 4.79 Å². The fourth-order valence-corrected chi connectivity index (χ4v) is 3.54. The minimum atomic E-state index is 0.0540. The zero-order valence-electron chi connectivity index (χ0n) is 10.1. The molecule has 1 unspecified atom stereocenters. The monoisotopic (exact) mass is 316 g/mol. The lowest BCUT2D eigenvalue weighted by molar-refractivity contribution is 0.0951. The van der Waals surface area contributed by atoms with Crippen LogP contribution in [0.15, 0.2) is 9.85 Å². The van der Waals surface area contributed by atoms with Crippen LogP contribution in [0.2, 0.25) is 0 Å². The van der Waals surface area contributed by atoms with Gasteiger partial charge in [-0.05, 0) is 60.4 Å². The van der Waals surface area contributed by atoms with Crippen molar-refractivity contribution in [1.29, 1.82) is 0 Å². The molecule has 5 heteroatoms. The van der Waals surface area contributed by atoms with Crippen molar-refractivity contribution in [3.05, 3.63) is 20.3 Å². The van der Waals surface area contributed by atoms with Gasteiger partial charge in [0.05, 0.1) is 8.66 Å². The maximum atomic E-state index is 11.9. The van der Waals surface area contributed by atoms with Crippen LogP contribution in [-0.2, 0) is 0 Å². The summed E-state index contributed by atoms with van der Waals surface area (Å²) in [5.74, 6) is 0.659. The molecule has 0 aromatic carbocycles. The van der Waals surface area contributed by atoms with E-state index in [1.807, 2.05) is 13.0 Å². The minimum Gasteiger partial charge on any atom is -0.351 e. The van der Waals surface area contributed by atoms with E-state index in [0.717, 1.165) is 33.9 Å². The zero-order chi connectivity index (χ0) is 12.4. The second-order valence-corrected chi connectivity index (χ2v) is 7.06. The Balaban J connectivity index is 1.85. The molecular weight excluding hydrogens is 300 g/mol. The summed E-state index contributed by atoms with van der Waals surface area (Å²) in [6.07, 6.45) is 1.18.